The van der Waals surface area contributed by atoms with Crippen LogP contribution in [0.2, 0.25) is 0 Å². The number of ether oxygens (including phenoxy) is 1. The fourth-order valence-corrected chi connectivity index (χ4v) is 3.13. The van der Waals surface area contributed by atoms with Crippen molar-refractivity contribution < 1.29 is 17.9 Å². The lowest BCUT2D eigenvalue weighted by Gasteiger charge is -2.18. The highest BCUT2D eigenvalue weighted by Gasteiger charge is 2.23. The molecule has 0 radical (unpaired) electrons. The first-order valence-corrected chi connectivity index (χ1v) is 8.68. The summed E-state index contributed by atoms with van der Waals surface area (Å²) in [5, 5.41) is 5.09. The molecule has 2 aromatic rings. The maximum absolute atomic E-state index is 12.6. The molecule has 0 amide bonds. The van der Waals surface area contributed by atoms with Gasteiger partial charge in [-0.05, 0) is 11.6 Å². The standard InChI is InChI=1S/C16H19N3O4S/c1-18-11-15(10-17-18)12-19(13-16(20)23-2)24(21,22)9-8-14-6-4-3-5-7-14/h3-11H,12-13H2,1-2H3. The third-order valence-electron chi connectivity index (χ3n) is 3.24. The molecule has 1 aromatic heterocycles. The molecule has 0 bridgehead atoms. The first kappa shape index (κ1) is 17.9. The summed E-state index contributed by atoms with van der Waals surface area (Å²) in [6.07, 6.45) is 4.74. The summed E-state index contributed by atoms with van der Waals surface area (Å²) in [5.74, 6) is -0.629. The number of hydrogen-bond acceptors (Lipinski definition) is 5. The van der Waals surface area contributed by atoms with E-state index >= 15 is 0 Å². The van der Waals surface area contributed by atoms with Gasteiger partial charge in [0.1, 0.15) is 6.54 Å². The number of aryl methyl sites for hydroxylation is 1. The fraction of sp³-hybridized carbons (Fsp3) is 0.250. The van der Waals surface area contributed by atoms with Crippen LogP contribution in [0.5, 0.6) is 0 Å². The van der Waals surface area contributed by atoms with Crippen LogP contribution in [0.1, 0.15) is 11.1 Å². The largest absolute Gasteiger partial charge is 0.468 e. The topological polar surface area (TPSA) is 81.5 Å². The zero-order chi connectivity index (χ0) is 17.6. The summed E-state index contributed by atoms with van der Waals surface area (Å²) in [7, 11) is -0.846. The molecule has 1 heterocycles. The Hall–Kier alpha value is -2.45. The highest BCUT2D eigenvalue weighted by Crippen LogP contribution is 2.12. The average molecular weight is 349 g/mol. The molecule has 8 heteroatoms. The van der Waals surface area contributed by atoms with Crippen LogP contribution < -0.4 is 0 Å². The van der Waals surface area contributed by atoms with Crippen molar-refractivity contribution in [3.05, 3.63) is 59.3 Å². The van der Waals surface area contributed by atoms with E-state index in [1.165, 1.54) is 13.2 Å². The first-order chi connectivity index (χ1) is 11.4. The molecule has 0 aliphatic carbocycles. The highest BCUT2D eigenvalue weighted by molar-refractivity contribution is 7.92. The summed E-state index contributed by atoms with van der Waals surface area (Å²) in [5.41, 5.74) is 1.43. The summed E-state index contributed by atoms with van der Waals surface area (Å²) < 4.78 is 32.4. The highest BCUT2D eigenvalue weighted by atomic mass is 32.2. The van der Waals surface area contributed by atoms with Crippen LogP contribution in [0.25, 0.3) is 6.08 Å². The second kappa shape index (κ2) is 7.89. The lowest BCUT2D eigenvalue weighted by atomic mass is 10.2. The number of carbonyl (C=O) groups excluding carboxylic acids is 1. The van der Waals surface area contributed by atoms with Crippen LogP contribution in [0.3, 0.4) is 0 Å². The Morgan fingerprint density at radius 1 is 1.33 bits per heavy atom. The molecule has 0 N–H and O–H groups in total. The Balaban J connectivity index is 2.23. The maximum Gasteiger partial charge on any atom is 0.321 e. The van der Waals surface area contributed by atoms with Crippen LogP contribution in [0, 0.1) is 0 Å². The van der Waals surface area contributed by atoms with Crippen LogP contribution >= 0.6 is 0 Å². The molecule has 0 saturated carbocycles. The van der Waals surface area contributed by atoms with Gasteiger partial charge in [-0.3, -0.25) is 9.48 Å². The first-order valence-electron chi connectivity index (χ1n) is 7.18. The third kappa shape index (κ3) is 5.04. The van der Waals surface area contributed by atoms with Gasteiger partial charge in [0.15, 0.2) is 0 Å². The van der Waals surface area contributed by atoms with Gasteiger partial charge < -0.3 is 4.74 Å². The minimum Gasteiger partial charge on any atom is -0.468 e. The maximum atomic E-state index is 12.6. The zero-order valence-corrected chi connectivity index (χ0v) is 14.3. The number of sulfonamides is 1. The SMILES string of the molecule is COC(=O)CN(Cc1cnn(C)c1)S(=O)(=O)C=Cc1ccccc1. The summed E-state index contributed by atoms with van der Waals surface area (Å²) >= 11 is 0. The van der Waals surface area contributed by atoms with Crippen molar-refractivity contribution in [2.75, 3.05) is 13.7 Å². The van der Waals surface area contributed by atoms with Crippen molar-refractivity contribution in [2.24, 2.45) is 7.05 Å². The molecule has 128 valence electrons. The molecule has 0 aliphatic heterocycles. The average Bonchev–Trinajstić information content (AvgIpc) is 2.98. The van der Waals surface area contributed by atoms with Crippen molar-refractivity contribution >= 4 is 22.1 Å². The molecular weight excluding hydrogens is 330 g/mol. The van der Waals surface area contributed by atoms with Crippen LogP contribution in [0.4, 0.5) is 0 Å². The number of hydrogen-bond donors (Lipinski definition) is 0. The van der Waals surface area contributed by atoms with Gasteiger partial charge in [-0.1, -0.05) is 30.3 Å². The van der Waals surface area contributed by atoms with E-state index in [9.17, 15) is 13.2 Å². The quantitative estimate of drug-likeness (QED) is 0.706. The smallest absolute Gasteiger partial charge is 0.321 e. The van der Waals surface area contributed by atoms with Crippen LogP contribution in [-0.4, -0.2) is 42.1 Å². The Kier molecular flexibility index (Phi) is 5.88. The lowest BCUT2D eigenvalue weighted by molar-refractivity contribution is -0.140. The third-order valence-corrected chi connectivity index (χ3v) is 4.70. The molecule has 0 fully saturated rings. The summed E-state index contributed by atoms with van der Waals surface area (Å²) in [6, 6.07) is 9.05. The Labute approximate surface area is 141 Å². The normalized spacial score (nSPS) is 12.0. The monoisotopic (exact) mass is 349 g/mol. The van der Waals surface area contributed by atoms with Crippen molar-refractivity contribution in [1.29, 1.82) is 0 Å². The Morgan fingerprint density at radius 2 is 2.04 bits per heavy atom. The molecular formula is C16H19N3O4S. The molecule has 2 rings (SSSR count). The number of benzene rings is 1. The Morgan fingerprint density at radius 3 is 2.62 bits per heavy atom. The number of methoxy groups -OCH3 is 1. The molecule has 0 aliphatic rings. The van der Waals surface area contributed by atoms with Gasteiger partial charge in [-0.15, -0.1) is 0 Å². The van der Waals surface area contributed by atoms with E-state index in [4.69, 9.17) is 0 Å². The molecule has 0 atom stereocenters. The van der Waals surface area contributed by atoms with Gasteiger partial charge in [0, 0.05) is 30.8 Å². The predicted octanol–water partition coefficient (Wildman–Crippen LogP) is 1.40. The number of rotatable bonds is 7. The van der Waals surface area contributed by atoms with E-state index < -0.39 is 16.0 Å². The van der Waals surface area contributed by atoms with Gasteiger partial charge in [0.05, 0.1) is 13.3 Å². The van der Waals surface area contributed by atoms with Crippen molar-refractivity contribution in [3.63, 3.8) is 0 Å². The van der Waals surface area contributed by atoms with Crippen LogP contribution in [0.15, 0.2) is 48.1 Å². The molecule has 0 unspecified atom stereocenters. The van der Waals surface area contributed by atoms with E-state index in [0.29, 0.717) is 5.56 Å². The van der Waals surface area contributed by atoms with Crippen molar-refractivity contribution in [1.82, 2.24) is 14.1 Å². The summed E-state index contributed by atoms with van der Waals surface area (Å²) in [6.45, 7) is -0.336. The number of nitrogens with zero attached hydrogens (tertiary/aromatic N) is 3. The van der Waals surface area contributed by atoms with E-state index in [1.54, 1.807) is 36.3 Å². The zero-order valence-electron chi connectivity index (χ0n) is 13.5. The molecule has 0 spiro atoms. The second-order valence-electron chi connectivity index (χ2n) is 5.12. The fourth-order valence-electron chi connectivity index (χ4n) is 2.02. The lowest BCUT2D eigenvalue weighted by Crippen LogP contribution is -2.34. The number of aromatic nitrogens is 2. The van der Waals surface area contributed by atoms with E-state index in [0.717, 1.165) is 15.3 Å². The van der Waals surface area contributed by atoms with Gasteiger partial charge in [0.25, 0.3) is 0 Å². The van der Waals surface area contributed by atoms with Gasteiger partial charge >= 0.3 is 5.97 Å². The minimum absolute atomic E-state index is 0.0321. The van der Waals surface area contributed by atoms with Gasteiger partial charge in [-0.25, -0.2) is 8.42 Å². The molecule has 24 heavy (non-hydrogen) atoms. The van der Waals surface area contributed by atoms with Crippen molar-refractivity contribution in [2.45, 2.75) is 6.54 Å². The Bertz CT molecular complexity index is 813. The molecule has 0 saturated heterocycles. The predicted molar refractivity (Wildman–Crippen MR) is 90.0 cm³/mol. The summed E-state index contributed by atoms with van der Waals surface area (Å²) in [4.78, 5) is 11.6. The second-order valence-corrected chi connectivity index (χ2v) is 6.94. The van der Waals surface area contributed by atoms with E-state index in [2.05, 4.69) is 9.84 Å². The van der Waals surface area contributed by atoms with Crippen molar-refractivity contribution in [3.8, 4) is 0 Å². The minimum atomic E-state index is -3.80. The van der Waals surface area contributed by atoms with E-state index in [-0.39, 0.29) is 13.1 Å². The van der Waals surface area contributed by atoms with Gasteiger partial charge in [0.2, 0.25) is 10.0 Å². The number of carbonyl (C=O) groups is 1. The van der Waals surface area contributed by atoms with Gasteiger partial charge in [-0.2, -0.15) is 9.40 Å². The molecule has 7 nitrogen and oxygen atoms in total. The van der Waals surface area contributed by atoms with Crippen LogP contribution in [-0.2, 0) is 33.1 Å². The number of esters is 1. The molecule has 1 aromatic carbocycles. The van der Waals surface area contributed by atoms with E-state index in [1.807, 2.05) is 18.2 Å².